The van der Waals surface area contributed by atoms with Crippen molar-refractivity contribution in [3.05, 3.63) is 71.5 Å². The van der Waals surface area contributed by atoms with E-state index in [0.717, 1.165) is 11.1 Å². The van der Waals surface area contributed by atoms with Gasteiger partial charge in [-0.3, -0.25) is 4.79 Å². The highest BCUT2D eigenvalue weighted by Gasteiger charge is 2.19. The van der Waals surface area contributed by atoms with Crippen molar-refractivity contribution in [1.82, 2.24) is 20.4 Å². The molecule has 0 aliphatic heterocycles. The van der Waals surface area contributed by atoms with Crippen LogP contribution in [0.3, 0.4) is 0 Å². The van der Waals surface area contributed by atoms with Crippen molar-refractivity contribution in [2.75, 3.05) is 20.3 Å². The second-order valence-corrected chi connectivity index (χ2v) is 6.86. The average molecular weight is 418 g/mol. The van der Waals surface area contributed by atoms with Gasteiger partial charge in [0.15, 0.2) is 0 Å². The van der Waals surface area contributed by atoms with Gasteiger partial charge in [-0.1, -0.05) is 41.6 Å². The molecule has 0 aliphatic rings. The third kappa shape index (κ3) is 4.54. The molecule has 3 aromatic heterocycles. The van der Waals surface area contributed by atoms with Gasteiger partial charge in [-0.15, -0.1) is 0 Å². The number of hydrogen-bond donors (Lipinski definition) is 1. The molecule has 4 rings (SSSR count). The van der Waals surface area contributed by atoms with E-state index < -0.39 is 0 Å². The summed E-state index contributed by atoms with van der Waals surface area (Å²) < 4.78 is 16.0. The summed E-state index contributed by atoms with van der Waals surface area (Å²) in [4.78, 5) is 21.9. The Morgan fingerprint density at radius 2 is 1.97 bits per heavy atom. The second kappa shape index (κ2) is 9.36. The lowest BCUT2D eigenvalue weighted by Crippen LogP contribution is -2.24. The van der Waals surface area contributed by atoms with Crippen molar-refractivity contribution in [3.8, 4) is 17.1 Å². The molecular formula is C23H22N4O4. The van der Waals surface area contributed by atoms with Gasteiger partial charge >= 0.3 is 0 Å². The lowest BCUT2D eigenvalue weighted by Gasteiger charge is -2.11. The minimum absolute atomic E-state index is 0.254. The SMILES string of the molecule is COCCOc1ncccc1CNC(=O)c1cc(-c2ccccc2)nc2onc(C)c12. The molecule has 0 saturated carbocycles. The first kappa shape index (κ1) is 20.5. The molecule has 0 radical (unpaired) electrons. The quantitative estimate of drug-likeness (QED) is 0.437. The highest BCUT2D eigenvalue weighted by atomic mass is 16.5. The monoisotopic (exact) mass is 418 g/mol. The molecule has 4 aromatic rings. The van der Waals surface area contributed by atoms with Crippen molar-refractivity contribution in [3.63, 3.8) is 0 Å². The van der Waals surface area contributed by atoms with Crippen molar-refractivity contribution in [2.45, 2.75) is 13.5 Å². The molecule has 1 aromatic carbocycles. The first-order valence-electron chi connectivity index (χ1n) is 9.83. The number of carbonyl (C=O) groups excluding carboxylic acids is 1. The van der Waals surface area contributed by atoms with E-state index in [-0.39, 0.29) is 12.5 Å². The highest BCUT2D eigenvalue weighted by molar-refractivity contribution is 6.06. The molecule has 31 heavy (non-hydrogen) atoms. The molecule has 158 valence electrons. The average Bonchev–Trinajstić information content (AvgIpc) is 3.19. The molecular weight excluding hydrogens is 396 g/mol. The molecule has 3 heterocycles. The summed E-state index contributed by atoms with van der Waals surface area (Å²) in [6, 6.07) is 15.0. The van der Waals surface area contributed by atoms with Crippen LogP contribution in [0.4, 0.5) is 0 Å². The van der Waals surface area contributed by atoms with Gasteiger partial charge in [-0.2, -0.15) is 0 Å². The number of amides is 1. The van der Waals surface area contributed by atoms with Crippen molar-refractivity contribution in [1.29, 1.82) is 0 Å². The smallest absolute Gasteiger partial charge is 0.259 e. The molecule has 0 saturated heterocycles. The van der Waals surface area contributed by atoms with Crippen molar-refractivity contribution >= 4 is 17.0 Å². The summed E-state index contributed by atoms with van der Waals surface area (Å²) in [6.45, 7) is 2.87. The largest absolute Gasteiger partial charge is 0.475 e. The number of nitrogens with one attached hydrogen (secondary N) is 1. The molecule has 8 nitrogen and oxygen atoms in total. The van der Waals surface area contributed by atoms with Crippen LogP contribution in [0.5, 0.6) is 5.88 Å². The fourth-order valence-corrected chi connectivity index (χ4v) is 3.21. The lowest BCUT2D eigenvalue weighted by molar-refractivity contribution is 0.0951. The maximum absolute atomic E-state index is 13.1. The molecule has 0 atom stereocenters. The number of ether oxygens (including phenoxy) is 2. The van der Waals surface area contributed by atoms with Crippen LogP contribution in [0.2, 0.25) is 0 Å². The summed E-state index contributed by atoms with van der Waals surface area (Å²) in [5, 5.41) is 7.53. The number of rotatable bonds is 8. The zero-order chi connectivity index (χ0) is 21.6. The van der Waals surface area contributed by atoms with Gasteiger partial charge < -0.3 is 19.3 Å². The summed E-state index contributed by atoms with van der Waals surface area (Å²) in [7, 11) is 1.61. The number of methoxy groups -OCH3 is 1. The predicted octanol–water partition coefficient (Wildman–Crippen LogP) is 3.55. The van der Waals surface area contributed by atoms with Gasteiger partial charge in [-0.05, 0) is 19.1 Å². The molecule has 0 unspecified atom stereocenters. The Bertz CT molecular complexity index is 1190. The Labute approximate surface area is 179 Å². The standard InChI is InChI=1S/C23H22N4O4/c1-15-20-18(13-19(26-23(20)31-27-15)16-7-4-3-5-8-16)21(28)25-14-17-9-6-10-24-22(17)30-12-11-29-2/h3-10,13H,11-12,14H2,1-2H3,(H,25,28). The number of hydrogen-bond acceptors (Lipinski definition) is 7. The van der Waals surface area contributed by atoms with Gasteiger partial charge in [0.2, 0.25) is 5.88 Å². The molecule has 1 amide bonds. The fraction of sp³-hybridized carbons (Fsp3) is 0.217. The number of pyridine rings is 2. The van der Waals surface area contributed by atoms with Gasteiger partial charge in [0.1, 0.15) is 6.61 Å². The number of fused-ring (bicyclic) bond motifs is 1. The Morgan fingerprint density at radius 1 is 1.13 bits per heavy atom. The van der Waals surface area contributed by atoms with Crippen LogP contribution < -0.4 is 10.1 Å². The predicted molar refractivity (Wildman–Crippen MR) is 115 cm³/mol. The first-order valence-corrected chi connectivity index (χ1v) is 9.83. The number of aryl methyl sites for hydroxylation is 1. The number of carbonyl (C=O) groups is 1. The van der Waals surface area contributed by atoms with Crippen LogP contribution in [-0.2, 0) is 11.3 Å². The van der Waals surface area contributed by atoms with Gasteiger partial charge in [0, 0.05) is 31.0 Å². The molecule has 1 N–H and O–H groups in total. The van der Waals surface area contributed by atoms with Crippen LogP contribution in [-0.4, -0.2) is 41.4 Å². The summed E-state index contributed by atoms with van der Waals surface area (Å²) >= 11 is 0. The van der Waals surface area contributed by atoms with Gasteiger partial charge in [0.25, 0.3) is 11.6 Å². The highest BCUT2D eigenvalue weighted by Crippen LogP contribution is 2.27. The number of benzene rings is 1. The number of nitrogens with zero attached hydrogens (tertiary/aromatic N) is 3. The zero-order valence-electron chi connectivity index (χ0n) is 17.3. The van der Waals surface area contributed by atoms with Crippen LogP contribution in [0, 0.1) is 6.92 Å². The van der Waals surface area contributed by atoms with Crippen LogP contribution in [0.15, 0.2) is 59.3 Å². The van der Waals surface area contributed by atoms with E-state index in [9.17, 15) is 4.79 Å². The van der Waals surface area contributed by atoms with E-state index >= 15 is 0 Å². The summed E-state index contributed by atoms with van der Waals surface area (Å²) in [5.74, 6) is 0.202. The van der Waals surface area contributed by atoms with E-state index in [0.29, 0.717) is 47.1 Å². The van der Waals surface area contributed by atoms with Gasteiger partial charge in [-0.25, -0.2) is 9.97 Å². The first-order chi connectivity index (χ1) is 15.2. The van der Waals surface area contributed by atoms with E-state index in [1.54, 1.807) is 32.4 Å². The maximum atomic E-state index is 13.1. The summed E-state index contributed by atoms with van der Waals surface area (Å²) in [5.41, 5.74) is 3.68. The van der Waals surface area contributed by atoms with E-state index in [1.165, 1.54) is 0 Å². The minimum Gasteiger partial charge on any atom is -0.475 e. The van der Waals surface area contributed by atoms with Crippen LogP contribution in [0.25, 0.3) is 22.4 Å². The van der Waals surface area contributed by atoms with Crippen molar-refractivity contribution in [2.24, 2.45) is 0 Å². The van der Waals surface area contributed by atoms with Gasteiger partial charge in [0.05, 0.1) is 28.9 Å². The Kier molecular flexibility index (Phi) is 6.18. The lowest BCUT2D eigenvalue weighted by atomic mass is 10.1. The van der Waals surface area contributed by atoms with E-state index in [4.69, 9.17) is 14.0 Å². The number of aromatic nitrogens is 3. The van der Waals surface area contributed by atoms with Crippen LogP contribution in [0.1, 0.15) is 21.6 Å². The Morgan fingerprint density at radius 3 is 2.77 bits per heavy atom. The maximum Gasteiger partial charge on any atom is 0.259 e. The molecule has 0 bridgehead atoms. The van der Waals surface area contributed by atoms with E-state index in [2.05, 4.69) is 20.4 Å². The van der Waals surface area contributed by atoms with Crippen LogP contribution >= 0.6 is 0 Å². The molecule has 0 aliphatic carbocycles. The van der Waals surface area contributed by atoms with E-state index in [1.807, 2.05) is 36.4 Å². The molecule has 0 fully saturated rings. The second-order valence-electron chi connectivity index (χ2n) is 6.86. The Balaban J connectivity index is 1.60. The normalized spacial score (nSPS) is 10.9. The fourth-order valence-electron chi connectivity index (χ4n) is 3.21. The minimum atomic E-state index is -0.262. The molecule has 8 heteroatoms. The summed E-state index contributed by atoms with van der Waals surface area (Å²) in [6.07, 6.45) is 1.65. The zero-order valence-corrected chi connectivity index (χ0v) is 17.3. The Hall–Kier alpha value is -3.78. The molecule has 0 spiro atoms. The topological polar surface area (TPSA) is 99.4 Å². The van der Waals surface area contributed by atoms with Crippen molar-refractivity contribution < 1.29 is 18.8 Å². The third-order valence-corrected chi connectivity index (χ3v) is 4.75. The third-order valence-electron chi connectivity index (χ3n) is 4.75.